The minimum atomic E-state index is 0.364. The van der Waals surface area contributed by atoms with Crippen LogP contribution in [0.2, 0.25) is 0 Å². The lowest BCUT2D eigenvalue weighted by Crippen LogP contribution is -2.23. The highest BCUT2D eigenvalue weighted by atomic mass is 14.4. The van der Waals surface area contributed by atoms with Gasteiger partial charge in [-0.3, -0.25) is 0 Å². The van der Waals surface area contributed by atoms with Crippen LogP contribution in [-0.4, -0.2) is 0 Å². The van der Waals surface area contributed by atoms with E-state index in [4.69, 9.17) is 5.26 Å². The Balaban J connectivity index is 1.70. The fourth-order valence-corrected chi connectivity index (χ4v) is 4.41. The smallest absolute Gasteiger partial charge is 0.0655 e. The van der Waals surface area contributed by atoms with Gasteiger partial charge in [-0.05, 0) is 55.8 Å². The van der Waals surface area contributed by atoms with Crippen LogP contribution in [0.4, 0.5) is 0 Å². The summed E-state index contributed by atoms with van der Waals surface area (Å²) < 4.78 is 0. The molecule has 0 aromatic heterocycles. The molecule has 2 fully saturated rings. The first-order valence-electron chi connectivity index (χ1n) is 8.62. The molecule has 0 amide bonds. The van der Waals surface area contributed by atoms with E-state index in [0.717, 1.165) is 36.5 Å². The molecular weight excluding hydrogens is 230 g/mol. The highest BCUT2D eigenvalue weighted by molar-refractivity contribution is 4.88. The Labute approximate surface area is 119 Å². The lowest BCUT2D eigenvalue weighted by Gasteiger charge is -2.34. The maximum absolute atomic E-state index is 8.98. The van der Waals surface area contributed by atoms with Gasteiger partial charge >= 0.3 is 0 Å². The Hall–Kier alpha value is -0.510. The second-order valence-corrected chi connectivity index (χ2v) is 7.25. The summed E-state index contributed by atoms with van der Waals surface area (Å²) in [7, 11) is 0. The molecule has 19 heavy (non-hydrogen) atoms. The molecule has 2 aliphatic carbocycles. The Morgan fingerprint density at radius 1 is 0.947 bits per heavy atom. The van der Waals surface area contributed by atoms with Crippen LogP contribution < -0.4 is 0 Å². The maximum Gasteiger partial charge on any atom is 0.0655 e. The van der Waals surface area contributed by atoms with E-state index in [-0.39, 0.29) is 0 Å². The van der Waals surface area contributed by atoms with Crippen molar-refractivity contribution in [2.24, 2.45) is 29.6 Å². The molecule has 0 saturated heterocycles. The minimum absolute atomic E-state index is 0.364. The molecule has 0 heterocycles. The van der Waals surface area contributed by atoms with Gasteiger partial charge in [0.2, 0.25) is 0 Å². The first-order valence-corrected chi connectivity index (χ1v) is 8.62. The molecule has 1 unspecified atom stereocenters. The number of nitriles is 1. The van der Waals surface area contributed by atoms with Crippen molar-refractivity contribution in [2.75, 3.05) is 0 Å². The van der Waals surface area contributed by atoms with Gasteiger partial charge in [-0.25, -0.2) is 0 Å². The maximum atomic E-state index is 8.98. The van der Waals surface area contributed by atoms with Crippen molar-refractivity contribution in [3.63, 3.8) is 0 Å². The van der Waals surface area contributed by atoms with Gasteiger partial charge in [-0.15, -0.1) is 0 Å². The fourth-order valence-electron chi connectivity index (χ4n) is 4.41. The van der Waals surface area contributed by atoms with Crippen molar-refractivity contribution in [3.05, 3.63) is 0 Å². The standard InChI is InChI=1S/C18H31N/c1-3-15-4-6-16(7-5-15)12-14(2)18-10-8-17(13-19)9-11-18/h14-18H,3-12H2,1-2H3. The number of rotatable bonds is 4. The molecule has 0 aromatic rings. The molecule has 1 atom stereocenters. The molecule has 0 spiro atoms. The van der Waals surface area contributed by atoms with Gasteiger partial charge in [0.25, 0.3) is 0 Å². The van der Waals surface area contributed by atoms with Crippen LogP contribution in [0.3, 0.4) is 0 Å². The van der Waals surface area contributed by atoms with E-state index in [1.54, 1.807) is 0 Å². The van der Waals surface area contributed by atoms with Crippen LogP contribution in [0.5, 0.6) is 0 Å². The largest absolute Gasteiger partial charge is 0.198 e. The summed E-state index contributed by atoms with van der Waals surface area (Å²) in [6.07, 6.45) is 13.7. The van der Waals surface area contributed by atoms with Crippen LogP contribution in [0, 0.1) is 40.9 Å². The Morgan fingerprint density at radius 2 is 1.53 bits per heavy atom. The third-order valence-corrected chi connectivity index (χ3v) is 6.01. The van der Waals surface area contributed by atoms with Crippen molar-refractivity contribution in [1.29, 1.82) is 5.26 Å². The van der Waals surface area contributed by atoms with Gasteiger partial charge in [0.15, 0.2) is 0 Å². The Bertz CT molecular complexity index is 287. The molecule has 0 radical (unpaired) electrons. The predicted octanol–water partition coefficient (Wildman–Crippen LogP) is 5.56. The zero-order valence-electron chi connectivity index (χ0n) is 12.9. The van der Waals surface area contributed by atoms with Crippen molar-refractivity contribution in [2.45, 2.75) is 78.1 Å². The van der Waals surface area contributed by atoms with E-state index in [9.17, 15) is 0 Å². The third-order valence-electron chi connectivity index (χ3n) is 6.01. The Kier molecular flexibility index (Phi) is 5.74. The quantitative estimate of drug-likeness (QED) is 0.650. The van der Waals surface area contributed by atoms with Crippen LogP contribution >= 0.6 is 0 Å². The van der Waals surface area contributed by atoms with Crippen LogP contribution in [0.1, 0.15) is 78.1 Å². The summed E-state index contributed by atoms with van der Waals surface area (Å²) in [6.45, 7) is 4.82. The molecule has 1 heteroatoms. The summed E-state index contributed by atoms with van der Waals surface area (Å²) in [6, 6.07) is 2.46. The normalized spacial score (nSPS) is 37.5. The monoisotopic (exact) mass is 261 g/mol. The van der Waals surface area contributed by atoms with Gasteiger partial charge < -0.3 is 0 Å². The molecule has 2 saturated carbocycles. The zero-order valence-corrected chi connectivity index (χ0v) is 12.9. The number of hydrogen-bond donors (Lipinski definition) is 0. The second-order valence-electron chi connectivity index (χ2n) is 7.25. The average molecular weight is 261 g/mol. The average Bonchev–Trinajstić information content (AvgIpc) is 2.48. The molecule has 108 valence electrons. The second kappa shape index (κ2) is 7.32. The van der Waals surface area contributed by atoms with Crippen LogP contribution in [0.15, 0.2) is 0 Å². The number of hydrogen-bond acceptors (Lipinski definition) is 1. The lowest BCUT2D eigenvalue weighted by molar-refractivity contribution is 0.175. The molecule has 0 N–H and O–H groups in total. The van der Waals surface area contributed by atoms with E-state index in [1.165, 1.54) is 51.4 Å². The van der Waals surface area contributed by atoms with E-state index < -0.39 is 0 Å². The summed E-state index contributed by atoms with van der Waals surface area (Å²) in [4.78, 5) is 0. The molecule has 2 rings (SSSR count). The minimum Gasteiger partial charge on any atom is -0.198 e. The lowest BCUT2D eigenvalue weighted by atomic mass is 9.71. The molecule has 0 aromatic carbocycles. The van der Waals surface area contributed by atoms with E-state index in [0.29, 0.717) is 5.92 Å². The van der Waals surface area contributed by atoms with Gasteiger partial charge in [0, 0.05) is 5.92 Å². The van der Waals surface area contributed by atoms with Gasteiger partial charge in [0.1, 0.15) is 0 Å². The first-order chi connectivity index (χ1) is 9.22. The first kappa shape index (κ1) is 14.9. The number of nitrogens with zero attached hydrogens (tertiary/aromatic N) is 1. The highest BCUT2D eigenvalue weighted by Crippen LogP contribution is 2.39. The van der Waals surface area contributed by atoms with E-state index >= 15 is 0 Å². The molecule has 1 nitrogen and oxygen atoms in total. The summed E-state index contributed by atoms with van der Waals surface area (Å²) in [5, 5.41) is 8.98. The topological polar surface area (TPSA) is 23.8 Å². The summed E-state index contributed by atoms with van der Waals surface area (Å²) in [5.74, 6) is 4.20. The molecular formula is C18H31N. The SMILES string of the molecule is CCC1CCC(CC(C)C2CCC(C#N)CC2)CC1. The van der Waals surface area contributed by atoms with Crippen molar-refractivity contribution >= 4 is 0 Å². The Morgan fingerprint density at radius 3 is 2.05 bits per heavy atom. The van der Waals surface area contributed by atoms with Gasteiger partial charge in [0.05, 0.1) is 6.07 Å². The van der Waals surface area contributed by atoms with Crippen molar-refractivity contribution in [1.82, 2.24) is 0 Å². The molecule has 0 aliphatic heterocycles. The van der Waals surface area contributed by atoms with Crippen LogP contribution in [0.25, 0.3) is 0 Å². The predicted molar refractivity (Wildman–Crippen MR) is 80.6 cm³/mol. The van der Waals surface area contributed by atoms with Crippen molar-refractivity contribution < 1.29 is 0 Å². The molecule has 0 bridgehead atoms. The summed E-state index contributed by atoms with van der Waals surface area (Å²) >= 11 is 0. The zero-order chi connectivity index (χ0) is 13.7. The van der Waals surface area contributed by atoms with E-state index in [1.807, 2.05) is 0 Å². The van der Waals surface area contributed by atoms with Gasteiger partial charge in [-0.2, -0.15) is 5.26 Å². The highest BCUT2D eigenvalue weighted by Gasteiger charge is 2.28. The van der Waals surface area contributed by atoms with Crippen LogP contribution in [-0.2, 0) is 0 Å². The third kappa shape index (κ3) is 4.23. The van der Waals surface area contributed by atoms with E-state index in [2.05, 4.69) is 19.9 Å². The molecule has 2 aliphatic rings. The van der Waals surface area contributed by atoms with Crippen molar-refractivity contribution in [3.8, 4) is 6.07 Å². The van der Waals surface area contributed by atoms with Gasteiger partial charge in [-0.1, -0.05) is 46.0 Å². The summed E-state index contributed by atoms with van der Waals surface area (Å²) in [5.41, 5.74) is 0. The fraction of sp³-hybridized carbons (Fsp3) is 0.944.